The molecule has 0 saturated carbocycles. The molecule has 1 aromatic rings. The number of aliphatic imine (C=N–C) groups is 1. The molecule has 1 aromatic heterocycles. The molecule has 0 atom stereocenters. The van der Waals surface area contributed by atoms with Crippen molar-refractivity contribution in [3.05, 3.63) is 24.4 Å². The minimum atomic E-state index is 0. The lowest BCUT2D eigenvalue weighted by molar-refractivity contribution is 0.715. The molecule has 0 aliphatic rings. The Kier molecular flexibility index (Phi) is 13.8. The van der Waals surface area contributed by atoms with Crippen LogP contribution in [-0.2, 0) is 0 Å². The van der Waals surface area contributed by atoms with Gasteiger partial charge < -0.3 is 16.0 Å². The predicted molar refractivity (Wildman–Crippen MR) is 105 cm³/mol. The van der Waals surface area contributed by atoms with Crippen LogP contribution in [0.4, 0.5) is 5.82 Å². The van der Waals surface area contributed by atoms with Crippen LogP contribution in [-0.4, -0.2) is 49.6 Å². The maximum atomic E-state index is 4.22. The number of nitrogens with zero attached hydrogens (tertiary/aromatic N) is 2. The van der Waals surface area contributed by atoms with Gasteiger partial charge in [-0.3, -0.25) is 4.99 Å². The van der Waals surface area contributed by atoms with Gasteiger partial charge in [-0.25, -0.2) is 4.98 Å². The monoisotopic (exact) mass is 423 g/mol. The normalized spacial score (nSPS) is 10.7. The fraction of sp³-hybridized carbons (Fsp3) is 0.571. The second-order valence-electron chi connectivity index (χ2n) is 4.27. The van der Waals surface area contributed by atoms with Crippen molar-refractivity contribution in [2.45, 2.75) is 12.8 Å². The Labute approximate surface area is 149 Å². The number of nitrogens with one attached hydrogen (secondary N) is 3. The first-order chi connectivity index (χ1) is 9.86. The van der Waals surface area contributed by atoms with Crippen LogP contribution in [0.2, 0.25) is 0 Å². The van der Waals surface area contributed by atoms with E-state index in [0.717, 1.165) is 50.0 Å². The van der Waals surface area contributed by atoms with Gasteiger partial charge in [0.15, 0.2) is 5.96 Å². The molecule has 0 aliphatic carbocycles. The Morgan fingerprint density at radius 3 is 2.62 bits per heavy atom. The Bertz CT molecular complexity index is 375. The van der Waals surface area contributed by atoms with Crippen LogP contribution in [0.1, 0.15) is 12.8 Å². The largest absolute Gasteiger partial charge is 0.370 e. The smallest absolute Gasteiger partial charge is 0.191 e. The number of anilines is 1. The van der Waals surface area contributed by atoms with Crippen molar-refractivity contribution in [1.82, 2.24) is 15.6 Å². The van der Waals surface area contributed by atoms with Crippen molar-refractivity contribution >= 4 is 47.5 Å². The number of hydrogen-bond donors (Lipinski definition) is 3. The van der Waals surface area contributed by atoms with Crippen LogP contribution in [0, 0.1) is 0 Å². The molecule has 3 N–H and O–H groups in total. The van der Waals surface area contributed by atoms with Gasteiger partial charge >= 0.3 is 0 Å². The highest BCUT2D eigenvalue weighted by atomic mass is 127. The van der Waals surface area contributed by atoms with E-state index in [-0.39, 0.29) is 24.0 Å². The summed E-state index contributed by atoms with van der Waals surface area (Å²) in [4.78, 5) is 8.41. The molecule has 21 heavy (non-hydrogen) atoms. The van der Waals surface area contributed by atoms with E-state index in [1.807, 2.05) is 30.0 Å². The van der Waals surface area contributed by atoms with Crippen LogP contribution in [0.3, 0.4) is 0 Å². The summed E-state index contributed by atoms with van der Waals surface area (Å²) in [6, 6.07) is 5.89. The highest BCUT2D eigenvalue weighted by Crippen LogP contribution is 1.99. The number of unbranched alkanes of at least 4 members (excludes halogenated alkanes) is 1. The van der Waals surface area contributed by atoms with Gasteiger partial charge in [0, 0.05) is 38.6 Å². The van der Waals surface area contributed by atoms with Crippen molar-refractivity contribution in [3.8, 4) is 0 Å². The number of pyridine rings is 1. The average Bonchev–Trinajstić information content (AvgIpc) is 2.50. The molecule has 0 unspecified atom stereocenters. The summed E-state index contributed by atoms with van der Waals surface area (Å²) < 4.78 is 0. The number of guanidine groups is 1. The average molecular weight is 423 g/mol. The number of thioether (sulfide) groups is 1. The molecule has 5 nitrogen and oxygen atoms in total. The van der Waals surface area contributed by atoms with Gasteiger partial charge in [-0.1, -0.05) is 6.07 Å². The molecule has 0 aliphatic heterocycles. The highest BCUT2D eigenvalue weighted by Gasteiger charge is 1.96. The van der Waals surface area contributed by atoms with E-state index in [2.05, 4.69) is 32.2 Å². The Morgan fingerprint density at radius 1 is 1.19 bits per heavy atom. The van der Waals surface area contributed by atoms with Gasteiger partial charge in [-0.05, 0) is 31.2 Å². The molecule has 120 valence electrons. The zero-order valence-corrected chi connectivity index (χ0v) is 15.9. The minimum absolute atomic E-state index is 0. The van der Waals surface area contributed by atoms with Crippen molar-refractivity contribution in [2.75, 3.05) is 44.0 Å². The molecule has 0 spiro atoms. The second kappa shape index (κ2) is 14.2. The van der Waals surface area contributed by atoms with Crippen LogP contribution >= 0.6 is 35.7 Å². The van der Waals surface area contributed by atoms with Crippen molar-refractivity contribution < 1.29 is 0 Å². The molecule has 1 heterocycles. The zero-order valence-electron chi connectivity index (χ0n) is 12.8. The molecule has 0 amide bonds. The lowest BCUT2D eigenvalue weighted by Gasteiger charge is -2.11. The van der Waals surface area contributed by atoms with E-state index in [1.54, 1.807) is 13.2 Å². The fourth-order valence-electron chi connectivity index (χ4n) is 1.63. The molecule has 0 fully saturated rings. The topological polar surface area (TPSA) is 61.3 Å². The molecule has 7 heteroatoms. The summed E-state index contributed by atoms with van der Waals surface area (Å²) >= 11 is 1.83. The molecular weight excluding hydrogens is 397 g/mol. The van der Waals surface area contributed by atoms with Gasteiger partial charge in [0.2, 0.25) is 0 Å². The SMILES string of the molecule is CN=C(NCCCCNc1ccccn1)NCCSC.I. The molecule has 0 bridgehead atoms. The van der Waals surface area contributed by atoms with E-state index in [4.69, 9.17) is 0 Å². The minimum Gasteiger partial charge on any atom is -0.370 e. The van der Waals surface area contributed by atoms with Crippen molar-refractivity contribution in [1.29, 1.82) is 0 Å². The van der Waals surface area contributed by atoms with Crippen LogP contribution in [0.25, 0.3) is 0 Å². The fourth-order valence-corrected chi connectivity index (χ4v) is 1.94. The first-order valence-corrected chi connectivity index (χ1v) is 8.34. The van der Waals surface area contributed by atoms with Gasteiger partial charge in [0.05, 0.1) is 0 Å². The number of hydrogen-bond acceptors (Lipinski definition) is 4. The van der Waals surface area contributed by atoms with E-state index >= 15 is 0 Å². The molecule has 1 rings (SSSR count). The van der Waals surface area contributed by atoms with E-state index < -0.39 is 0 Å². The summed E-state index contributed by atoms with van der Waals surface area (Å²) in [6.07, 6.45) is 6.11. The summed E-state index contributed by atoms with van der Waals surface area (Å²) in [5.41, 5.74) is 0. The summed E-state index contributed by atoms with van der Waals surface area (Å²) in [6.45, 7) is 2.82. The van der Waals surface area contributed by atoms with Gasteiger partial charge in [0.1, 0.15) is 5.82 Å². The molecule has 0 radical (unpaired) electrons. The summed E-state index contributed by atoms with van der Waals surface area (Å²) in [5, 5.41) is 9.89. The third kappa shape index (κ3) is 10.6. The van der Waals surface area contributed by atoms with Gasteiger partial charge in [0.25, 0.3) is 0 Å². The number of aromatic nitrogens is 1. The second-order valence-corrected chi connectivity index (χ2v) is 5.25. The van der Waals surface area contributed by atoms with Crippen LogP contribution < -0.4 is 16.0 Å². The summed E-state index contributed by atoms with van der Waals surface area (Å²) in [5.74, 6) is 2.92. The van der Waals surface area contributed by atoms with Gasteiger partial charge in [-0.2, -0.15) is 11.8 Å². The third-order valence-electron chi connectivity index (χ3n) is 2.69. The standard InChI is InChI=1S/C14H25N5S.HI/c1-15-14(19-11-12-20-2)18-10-6-5-9-17-13-7-3-4-8-16-13;/h3-4,7-8H,5-6,9-12H2,1-2H3,(H,16,17)(H2,15,18,19);1H. The summed E-state index contributed by atoms with van der Waals surface area (Å²) in [7, 11) is 1.80. The quantitative estimate of drug-likeness (QED) is 0.247. The Hall–Kier alpha value is -0.700. The maximum Gasteiger partial charge on any atom is 0.191 e. The van der Waals surface area contributed by atoms with Crippen molar-refractivity contribution in [3.63, 3.8) is 0 Å². The Balaban J connectivity index is 0.00000400. The van der Waals surface area contributed by atoms with Gasteiger partial charge in [-0.15, -0.1) is 24.0 Å². The van der Waals surface area contributed by atoms with Crippen LogP contribution in [0.5, 0.6) is 0 Å². The zero-order chi connectivity index (χ0) is 14.5. The molecule has 0 aromatic carbocycles. The Morgan fingerprint density at radius 2 is 1.95 bits per heavy atom. The van der Waals surface area contributed by atoms with E-state index in [1.165, 1.54) is 0 Å². The number of halogens is 1. The first kappa shape index (κ1) is 20.3. The molecular formula is C14H26IN5S. The lowest BCUT2D eigenvalue weighted by Crippen LogP contribution is -2.38. The number of rotatable bonds is 9. The van der Waals surface area contributed by atoms with Crippen LogP contribution in [0.15, 0.2) is 29.4 Å². The highest BCUT2D eigenvalue weighted by molar-refractivity contribution is 14.0. The van der Waals surface area contributed by atoms with E-state index in [0.29, 0.717) is 0 Å². The predicted octanol–water partition coefficient (Wildman–Crippen LogP) is 2.42. The molecule has 0 saturated heterocycles. The van der Waals surface area contributed by atoms with E-state index in [9.17, 15) is 0 Å². The maximum absolute atomic E-state index is 4.22. The third-order valence-corrected chi connectivity index (χ3v) is 3.30. The van der Waals surface area contributed by atoms with Crippen molar-refractivity contribution in [2.24, 2.45) is 4.99 Å². The lowest BCUT2D eigenvalue weighted by atomic mass is 10.3. The first-order valence-electron chi connectivity index (χ1n) is 6.95.